The van der Waals surface area contributed by atoms with E-state index in [-0.39, 0.29) is 25.7 Å². The number of unbranched alkanes of at least 4 members (excludes halogenated alkanes) is 44. The fourth-order valence-electron chi connectivity index (χ4n) is 12.1. The van der Waals surface area contributed by atoms with Gasteiger partial charge in [0, 0.05) is 25.7 Å². The van der Waals surface area contributed by atoms with Crippen molar-refractivity contribution < 1.29 is 80.2 Å². The van der Waals surface area contributed by atoms with Crippen molar-refractivity contribution in [3.63, 3.8) is 0 Å². The Morgan fingerprint density at radius 2 is 0.520 bits per heavy atom. The Labute approximate surface area is 600 Å². The molecule has 582 valence electrons. The summed E-state index contributed by atoms with van der Waals surface area (Å²) in [6.07, 6.45) is 57.2. The lowest BCUT2D eigenvalue weighted by Gasteiger charge is -2.21. The predicted octanol–water partition coefficient (Wildman–Crippen LogP) is 23.4. The molecule has 0 spiro atoms. The van der Waals surface area contributed by atoms with Crippen LogP contribution in [0.3, 0.4) is 0 Å². The summed E-state index contributed by atoms with van der Waals surface area (Å²) in [6, 6.07) is 0. The van der Waals surface area contributed by atoms with Crippen LogP contribution >= 0.6 is 15.6 Å². The largest absolute Gasteiger partial charge is 0.472 e. The fourth-order valence-corrected chi connectivity index (χ4v) is 13.7. The summed E-state index contributed by atoms with van der Waals surface area (Å²) < 4.78 is 68.5. The summed E-state index contributed by atoms with van der Waals surface area (Å²) in [5.41, 5.74) is 0. The maximum absolute atomic E-state index is 13.1. The second-order valence-corrected chi connectivity index (χ2v) is 32.6. The minimum Gasteiger partial charge on any atom is -0.462 e. The molecule has 0 saturated carbocycles. The van der Waals surface area contributed by atoms with Crippen LogP contribution in [0.5, 0.6) is 0 Å². The van der Waals surface area contributed by atoms with Crippen LogP contribution in [0, 0.1) is 17.8 Å². The molecule has 0 aliphatic rings. The Bertz CT molecular complexity index is 1910. The van der Waals surface area contributed by atoms with Crippen molar-refractivity contribution in [1.82, 2.24) is 0 Å². The number of hydrogen-bond donors (Lipinski definition) is 3. The van der Waals surface area contributed by atoms with Gasteiger partial charge in [-0.05, 0) is 43.4 Å². The molecule has 6 atom stereocenters. The number of rotatable bonds is 77. The van der Waals surface area contributed by atoms with Gasteiger partial charge in [-0.1, -0.05) is 357 Å². The van der Waals surface area contributed by atoms with Crippen molar-refractivity contribution >= 4 is 39.5 Å². The van der Waals surface area contributed by atoms with Crippen LogP contribution in [0.2, 0.25) is 0 Å². The van der Waals surface area contributed by atoms with E-state index in [4.69, 9.17) is 37.0 Å². The van der Waals surface area contributed by atoms with E-state index in [2.05, 4.69) is 48.5 Å². The van der Waals surface area contributed by atoms with Crippen molar-refractivity contribution in [1.29, 1.82) is 0 Å². The molecule has 0 aliphatic heterocycles. The molecular weight excluding hydrogens is 1280 g/mol. The number of carbonyl (C=O) groups is 4. The number of phosphoric ester groups is 2. The average molecular weight is 1440 g/mol. The Morgan fingerprint density at radius 3 is 0.776 bits per heavy atom. The van der Waals surface area contributed by atoms with Crippen LogP contribution in [0.4, 0.5) is 0 Å². The molecule has 0 heterocycles. The quantitative estimate of drug-likeness (QED) is 0.0222. The molecule has 98 heavy (non-hydrogen) atoms. The molecule has 19 heteroatoms. The molecule has 0 radical (unpaired) electrons. The molecule has 0 aromatic heterocycles. The minimum atomic E-state index is -4.96. The number of aliphatic hydroxyl groups excluding tert-OH is 1. The van der Waals surface area contributed by atoms with Crippen molar-refractivity contribution in [2.45, 2.75) is 426 Å². The van der Waals surface area contributed by atoms with E-state index >= 15 is 0 Å². The zero-order valence-corrected chi connectivity index (χ0v) is 66.0. The van der Waals surface area contributed by atoms with Gasteiger partial charge in [0.2, 0.25) is 0 Å². The minimum absolute atomic E-state index is 0.103. The molecular formula is C79H154O17P2. The average Bonchev–Trinajstić information content (AvgIpc) is 0.969. The van der Waals surface area contributed by atoms with Gasteiger partial charge in [0.05, 0.1) is 26.4 Å². The van der Waals surface area contributed by atoms with E-state index in [1.165, 1.54) is 212 Å². The maximum atomic E-state index is 13.1. The molecule has 3 unspecified atom stereocenters. The third-order valence-corrected chi connectivity index (χ3v) is 20.6. The summed E-state index contributed by atoms with van der Waals surface area (Å²) >= 11 is 0. The van der Waals surface area contributed by atoms with Gasteiger partial charge < -0.3 is 33.8 Å². The first-order chi connectivity index (χ1) is 47.3. The molecule has 0 fully saturated rings. The Hall–Kier alpha value is -1.94. The number of carbonyl (C=O) groups excluding carboxylic acids is 4. The summed E-state index contributed by atoms with van der Waals surface area (Å²) in [5.74, 6) is 0.254. The molecule has 0 bridgehead atoms. The molecule has 0 saturated heterocycles. The third-order valence-electron chi connectivity index (χ3n) is 18.7. The lowest BCUT2D eigenvalue weighted by molar-refractivity contribution is -0.161. The fraction of sp³-hybridized carbons (Fsp3) is 0.949. The van der Waals surface area contributed by atoms with Crippen molar-refractivity contribution in [2.75, 3.05) is 39.6 Å². The number of ether oxygens (including phenoxy) is 4. The third kappa shape index (κ3) is 71.1. The van der Waals surface area contributed by atoms with Crippen molar-refractivity contribution in [3.05, 3.63) is 0 Å². The van der Waals surface area contributed by atoms with Gasteiger partial charge >= 0.3 is 39.5 Å². The van der Waals surface area contributed by atoms with Gasteiger partial charge in [-0.15, -0.1) is 0 Å². The van der Waals surface area contributed by atoms with Crippen LogP contribution < -0.4 is 0 Å². The van der Waals surface area contributed by atoms with Gasteiger partial charge in [0.15, 0.2) is 12.2 Å². The monoisotopic (exact) mass is 1440 g/mol. The normalized spacial score (nSPS) is 14.3. The van der Waals surface area contributed by atoms with E-state index in [1.54, 1.807) is 0 Å². The van der Waals surface area contributed by atoms with E-state index in [1.807, 2.05) is 0 Å². The van der Waals surface area contributed by atoms with Crippen molar-refractivity contribution in [2.24, 2.45) is 17.8 Å². The number of aliphatic hydroxyl groups is 1. The molecule has 0 amide bonds. The first-order valence-corrected chi connectivity index (χ1v) is 43.9. The Kier molecular flexibility index (Phi) is 68.1. The van der Waals surface area contributed by atoms with Gasteiger partial charge in [-0.2, -0.15) is 0 Å². The standard InChI is InChI=1S/C79H154O17P2/c1-8-10-11-12-13-39-46-53-60-76(81)89-66-75(96-79(84)63-56-49-42-35-37-44-51-58-71(5)6)69-94-98(87,88)92-65-73(80)64-91-97(85,86)93-68-74(67-90-77(82)61-54-47-40-33-29-25-22-18-19-23-27-31-36-43-50-57-70(3)4)95-78(83)62-55-48-41-34-30-26-21-17-15-14-16-20-24-28-32-38-45-52-59-72(7)9-2/h70-75,80H,8-69H2,1-7H3,(H,85,86)(H,87,88)/t72?,73-,74-,75-/m1/s1. The topological polar surface area (TPSA) is 237 Å². The highest BCUT2D eigenvalue weighted by Crippen LogP contribution is 2.45. The second-order valence-electron chi connectivity index (χ2n) is 29.6. The summed E-state index contributed by atoms with van der Waals surface area (Å²) in [4.78, 5) is 72.7. The smallest absolute Gasteiger partial charge is 0.462 e. The number of hydrogen-bond acceptors (Lipinski definition) is 15. The lowest BCUT2D eigenvalue weighted by atomic mass is 9.99. The van der Waals surface area contributed by atoms with E-state index in [9.17, 15) is 43.2 Å². The van der Waals surface area contributed by atoms with Crippen LogP contribution in [0.1, 0.15) is 408 Å². The Morgan fingerprint density at radius 1 is 0.296 bits per heavy atom. The SMILES string of the molecule is CCCCCCCCCCC(=O)OC[C@H](COP(=O)(O)OC[C@H](O)COP(=O)(O)OC[C@@H](COC(=O)CCCCCCCCCCCCCCCCCC(C)C)OC(=O)CCCCCCCCCCCCCCCCCCCCC(C)CC)OC(=O)CCCCCCCCCC(C)C. The van der Waals surface area contributed by atoms with Gasteiger partial charge in [-0.25, -0.2) is 9.13 Å². The summed E-state index contributed by atoms with van der Waals surface area (Å²) in [7, 11) is -9.91. The summed E-state index contributed by atoms with van der Waals surface area (Å²) in [5, 5.41) is 10.6. The molecule has 0 aromatic rings. The van der Waals surface area contributed by atoms with Crippen molar-refractivity contribution in [3.8, 4) is 0 Å². The summed E-state index contributed by atoms with van der Waals surface area (Å²) in [6.45, 7) is 11.9. The van der Waals surface area contributed by atoms with Crippen LogP contribution in [-0.4, -0.2) is 96.7 Å². The van der Waals surface area contributed by atoms with Crippen LogP contribution in [-0.2, 0) is 65.4 Å². The number of phosphoric acid groups is 2. The second kappa shape index (κ2) is 69.4. The highest BCUT2D eigenvalue weighted by Gasteiger charge is 2.30. The first kappa shape index (κ1) is 96.1. The van der Waals surface area contributed by atoms with E-state index < -0.39 is 97.5 Å². The van der Waals surface area contributed by atoms with E-state index in [0.717, 1.165) is 108 Å². The maximum Gasteiger partial charge on any atom is 0.472 e. The van der Waals surface area contributed by atoms with Crippen LogP contribution in [0.15, 0.2) is 0 Å². The predicted molar refractivity (Wildman–Crippen MR) is 400 cm³/mol. The van der Waals surface area contributed by atoms with Gasteiger partial charge in [0.1, 0.15) is 19.3 Å². The molecule has 0 aromatic carbocycles. The lowest BCUT2D eigenvalue weighted by Crippen LogP contribution is -2.30. The molecule has 0 aliphatic carbocycles. The highest BCUT2D eigenvalue weighted by atomic mass is 31.2. The zero-order valence-electron chi connectivity index (χ0n) is 64.3. The Balaban J connectivity index is 5.16. The highest BCUT2D eigenvalue weighted by molar-refractivity contribution is 7.47. The molecule has 0 rings (SSSR count). The first-order valence-electron chi connectivity index (χ1n) is 40.9. The van der Waals surface area contributed by atoms with E-state index in [0.29, 0.717) is 31.6 Å². The molecule has 17 nitrogen and oxygen atoms in total. The zero-order chi connectivity index (χ0) is 72.3. The number of esters is 4. The van der Waals surface area contributed by atoms with Crippen LogP contribution in [0.25, 0.3) is 0 Å². The van der Waals surface area contributed by atoms with Gasteiger partial charge in [0.25, 0.3) is 0 Å². The molecule has 3 N–H and O–H groups in total. The van der Waals surface area contributed by atoms with Gasteiger partial charge in [-0.3, -0.25) is 37.3 Å².